The summed E-state index contributed by atoms with van der Waals surface area (Å²) in [5.41, 5.74) is 0. The number of allylic oxidation sites excluding steroid dienone is 8. The molecule has 0 bridgehead atoms. The molecule has 43 heavy (non-hydrogen) atoms. The molecule has 0 heterocycles. The molecule has 1 saturated carbocycles. The van der Waals surface area contributed by atoms with Crippen LogP contribution in [0.2, 0.25) is 0 Å². The van der Waals surface area contributed by atoms with Crippen LogP contribution in [-0.4, -0.2) is 98.3 Å². The zero-order chi connectivity index (χ0) is 32.3. The molecule has 14 heteroatoms. The van der Waals surface area contributed by atoms with E-state index in [1.165, 1.54) is 0 Å². The summed E-state index contributed by atoms with van der Waals surface area (Å²) in [5.74, 6) is -1.27. The van der Waals surface area contributed by atoms with Crippen molar-refractivity contribution < 1.29 is 63.1 Å². The highest BCUT2D eigenvalue weighted by Crippen LogP contribution is 2.47. The van der Waals surface area contributed by atoms with E-state index < -0.39 is 75.7 Å². The number of hydrogen-bond acceptors (Lipinski definition) is 12. The Labute approximate surface area is 252 Å². The van der Waals surface area contributed by atoms with Crippen molar-refractivity contribution in [2.45, 2.75) is 108 Å². The molecule has 0 amide bonds. The Morgan fingerprint density at radius 1 is 0.721 bits per heavy atom. The van der Waals surface area contributed by atoms with Gasteiger partial charge in [0.1, 0.15) is 43.2 Å². The number of carbonyl (C=O) groups is 2. The van der Waals surface area contributed by atoms with Crippen molar-refractivity contribution >= 4 is 19.8 Å². The molecule has 0 radical (unpaired) electrons. The summed E-state index contributed by atoms with van der Waals surface area (Å²) in [5, 5.41) is 49.3. The van der Waals surface area contributed by atoms with Crippen LogP contribution in [0.4, 0.5) is 0 Å². The highest BCUT2D eigenvalue weighted by Gasteiger charge is 2.51. The van der Waals surface area contributed by atoms with Crippen molar-refractivity contribution in [1.82, 2.24) is 0 Å². The van der Waals surface area contributed by atoms with Crippen LogP contribution in [0.3, 0.4) is 0 Å². The van der Waals surface area contributed by atoms with E-state index in [0.717, 1.165) is 19.3 Å². The topological polar surface area (TPSA) is 210 Å². The number of aliphatic hydroxyl groups excluding tert-OH is 5. The quantitative estimate of drug-likeness (QED) is 0.0645. The molecule has 13 nitrogen and oxygen atoms in total. The molecule has 1 rings (SSSR count). The standard InChI is InChI=1S/C29H47O13P/c1-3-5-6-7-8-9-10-11-12-13-14-15-16-18-23(31)41-21(19-39-22(30)17-4-2)20-40-43(37,38)42-29-27(35)25(33)24(32)26(34)28(29)36/h5-6,8-9,11-12,14-15,21,24-29,32-36H,3-4,7,10,13,16-20H2,1-2H3,(H,37,38)/b6-5-,9-8-,12-11-,15-14-. The van der Waals surface area contributed by atoms with Crippen molar-refractivity contribution in [2.75, 3.05) is 13.2 Å². The molecule has 0 aliphatic heterocycles. The number of rotatable bonds is 20. The van der Waals surface area contributed by atoms with Gasteiger partial charge in [-0.1, -0.05) is 62.5 Å². The molecule has 1 aliphatic rings. The number of ether oxygens (including phenoxy) is 2. The molecule has 1 aliphatic carbocycles. The van der Waals surface area contributed by atoms with Crippen LogP contribution in [0.5, 0.6) is 0 Å². The number of aliphatic hydroxyl groups is 5. The molecular weight excluding hydrogens is 587 g/mol. The van der Waals surface area contributed by atoms with Crippen LogP contribution < -0.4 is 0 Å². The van der Waals surface area contributed by atoms with Crippen molar-refractivity contribution in [2.24, 2.45) is 0 Å². The van der Waals surface area contributed by atoms with E-state index in [0.29, 0.717) is 19.3 Å². The Morgan fingerprint density at radius 3 is 1.77 bits per heavy atom. The second-order valence-electron chi connectivity index (χ2n) is 9.87. The van der Waals surface area contributed by atoms with Crippen molar-refractivity contribution in [3.8, 4) is 0 Å². The first-order chi connectivity index (χ1) is 20.4. The number of phosphoric ester groups is 1. The largest absolute Gasteiger partial charge is 0.472 e. The lowest BCUT2D eigenvalue weighted by Gasteiger charge is -2.41. The van der Waals surface area contributed by atoms with E-state index in [1.807, 2.05) is 18.2 Å². The molecular formula is C29H47O13P. The van der Waals surface area contributed by atoms with Gasteiger partial charge in [-0.3, -0.25) is 18.6 Å². The van der Waals surface area contributed by atoms with Crippen LogP contribution in [0.15, 0.2) is 48.6 Å². The minimum Gasteiger partial charge on any atom is -0.462 e. The minimum atomic E-state index is -5.10. The Hall–Kier alpha value is -2.19. The second kappa shape index (κ2) is 21.5. The summed E-state index contributed by atoms with van der Waals surface area (Å²) in [4.78, 5) is 34.3. The van der Waals surface area contributed by atoms with E-state index in [2.05, 4.69) is 31.2 Å². The van der Waals surface area contributed by atoms with Crippen LogP contribution in [0.1, 0.15) is 65.2 Å². The summed E-state index contributed by atoms with van der Waals surface area (Å²) in [6.45, 7) is 2.60. The highest BCUT2D eigenvalue weighted by atomic mass is 31.2. The zero-order valence-corrected chi connectivity index (χ0v) is 25.6. The normalized spacial score (nSPS) is 26.8. The molecule has 0 spiro atoms. The maximum atomic E-state index is 12.5. The molecule has 6 N–H and O–H groups in total. The summed E-state index contributed by atoms with van der Waals surface area (Å²) in [7, 11) is -5.10. The van der Waals surface area contributed by atoms with Gasteiger partial charge in [0.2, 0.25) is 0 Å². The minimum absolute atomic E-state index is 0.0283. The average molecular weight is 635 g/mol. The summed E-state index contributed by atoms with van der Waals surface area (Å²) in [6.07, 6.45) is 7.26. The maximum absolute atomic E-state index is 12.5. The van der Waals surface area contributed by atoms with Crippen molar-refractivity contribution in [3.05, 3.63) is 48.6 Å². The third kappa shape index (κ3) is 15.9. The highest BCUT2D eigenvalue weighted by molar-refractivity contribution is 7.47. The first kappa shape index (κ1) is 38.8. The van der Waals surface area contributed by atoms with Gasteiger partial charge in [-0.2, -0.15) is 0 Å². The lowest BCUT2D eigenvalue weighted by Crippen LogP contribution is -2.64. The Balaban J connectivity index is 2.60. The van der Waals surface area contributed by atoms with E-state index in [4.69, 9.17) is 18.5 Å². The van der Waals surface area contributed by atoms with Gasteiger partial charge in [-0.15, -0.1) is 0 Å². The summed E-state index contributed by atoms with van der Waals surface area (Å²) >= 11 is 0. The van der Waals surface area contributed by atoms with E-state index in [9.17, 15) is 44.6 Å². The van der Waals surface area contributed by atoms with E-state index in [1.54, 1.807) is 13.0 Å². The smallest absolute Gasteiger partial charge is 0.462 e. The van der Waals surface area contributed by atoms with Crippen LogP contribution in [0, 0.1) is 0 Å². The maximum Gasteiger partial charge on any atom is 0.472 e. The van der Waals surface area contributed by atoms with Gasteiger partial charge in [0.25, 0.3) is 0 Å². The molecule has 6 unspecified atom stereocenters. The van der Waals surface area contributed by atoms with Gasteiger partial charge in [0.05, 0.1) is 6.61 Å². The Morgan fingerprint density at radius 2 is 1.23 bits per heavy atom. The molecule has 0 aromatic rings. The molecule has 0 aromatic heterocycles. The second-order valence-corrected chi connectivity index (χ2v) is 11.3. The lowest BCUT2D eigenvalue weighted by atomic mass is 9.85. The Bertz CT molecular complexity index is 963. The van der Waals surface area contributed by atoms with E-state index in [-0.39, 0.29) is 12.8 Å². The first-order valence-corrected chi connectivity index (χ1v) is 15.9. The van der Waals surface area contributed by atoms with Gasteiger partial charge in [0, 0.05) is 12.8 Å². The van der Waals surface area contributed by atoms with Gasteiger partial charge in [-0.05, 0) is 38.5 Å². The molecule has 0 saturated heterocycles. The summed E-state index contributed by atoms with van der Waals surface area (Å²) < 4.78 is 32.4. The van der Waals surface area contributed by atoms with Crippen LogP contribution in [0.25, 0.3) is 0 Å². The summed E-state index contributed by atoms with van der Waals surface area (Å²) in [6, 6.07) is 0. The number of esters is 2. The van der Waals surface area contributed by atoms with Gasteiger partial charge >= 0.3 is 19.8 Å². The number of carbonyl (C=O) groups excluding carboxylic acids is 2. The lowest BCUT2D eigenvalue weighted by molar-refractivity contribution is -0.220. The molecule has 1 fully saturated rings. The number of hydrogen-bond donors (Lipinski definition) is 6. The van der Waals surface area contributed by atoms with Gasteiger partial charge < -0.3 is 39.9 Å². The fourth-order valence-electron chi connectivity index (χ4n) is 3.80. The van der Waals surface area contributed by atoms with Gasteiger partial charge in [0.15, 0.2) is 6.10 Å². The predicted octanol–water partition coefficient (Wildman–Crippen LogP) is 2.15. The van der Waals surface area contributed by atoms with Crippen molar-refractivity contribution in [3.63, 3.8) is 0 Å². The average Bonchev–Trinajstić information content (AvgIpc) is 2.97. The third-order valence-corrected chi connectivity index (χ3v) is 7.15. The SMILES string of the molecule is CC/C=C\C/C=C\C/C=C\C/C=C\CCC(=O)OC(COC(=O)CCC)COP(=O)(O)OC1C(O)C(O)C(O)C(O)C1O. The fourth-order valence-corrected chi connectivity index (χ4v) is 4.78. The van der Waals surface area contributed by atoms with Crippen LogP contribution >= 0.6 is 7.82 Å². The fraction of sp³-hybridized carbons (Fsp3) is 0.655. The van der Waals surface area contributed by atoms with E-state index >= 15 is 0 Å². The van der Waals surface area contributed by atoms with Crippen LogP contribution in [-0.2, 0) is 32.7 Å². The predicted molar refractivity (Wildman–Crippen MR) is 156 cm³/mol. The zero-order valence-electron chi connectivity index (χ0n) is 24.7. The molecule has 0 aromatic carbocycles. The molecule has 246 valence electrons. The monoisotopic (exact) mass is 634 g/mol. The third-order valence-electron chi connectivity index (χ3n) is 6.17. The first-order valence-electron chi connectivity index (χ1n) is 14.4. The molecule has 6 atom stereocenters. The van der Waals surface area contributed by atoms with Crippen molar-refractivity contribution in [1.29, 1.82) is 0 Å². The Kier molecular flexibility index (Phi) is 19.4. The number of phosphoric acid groups is 1. The van der Waals surface area contributed by atoms with Gasteiger partial charge in [-0.25, -0.2) is 4.57 Å².